The topological polar surface area (TPSA) is 85.7 Å². The summed E-state index contributed by atoms with van der Waals surface area (Å²) >= 11 is 0. The van der Waals surface area contributed by atoms with Crippen molar-refractivity contribution in [1.82, 2.24) is 9.91 Å². The second kappa shape index (κ2) is 8.96. The highest BCUT2D eigenvalue weighted by Gasteiger charge is 2.36. The number of benzene rings is 2. The van der Waals surface area contributed by atoms with Crippen molar-refractivity contribution in [1.29, 1.82) is 0 Å². The van der Waals surface area contributed by atoms with Crippen LogP contribution in [0.5, 0.6) is 5.75 Å². The van der Waals surface area contributed by atoms with Crippen LogP contribution in [0.15, 0.2) is 86.9 Å². The summed E-state index contributed by atoms with van der Waals surface area (Å²) in [5.74, 6) is 1.59. The number of hydrogen-bond donors (Lipinski definition) is 1. The molecule has 4 aromatic rings. The van der Waals surface area contributed by atoms with Crippen LogP contribution in [0.3, 0.4) is 0 Å². The zero-order chi connectivity index (χ0) is 23.8. The number of hydrogen-bond acceptors (Lipinski definition) is 7. The van der Waals surface area contributed by atoms with E-state index in [1.807, 2.05) is 60.7 Å². The van der Waals surface area contributed by atoms with Gasteiger partial charge in [-0.15, -0.1) is 0 Å². The monoisotopic (exact) mass is 470 g/mol. The van der Waals surface area contributed by atoms with E-state index in [4.69, 9.17) is 13.9 Å². The van der Waals surface area contributed by atoms with Gasteiger partial charge >= 0.3 is 0 Å². The molecule has 1 N–H and O–H groups in total. The number of para-hydroxylation sites is 3. The summed E-state index contributed by atoms with van der Waals surface area (Å²) in [4.78, 5) is 17.7. The lowest BCUT2D eigenvalue weighted by Gasteiger charge is -2.36. The van der Waals surface area contributed by atoms with Gasteiger partial charge in [-0.3, -0.25) is 9.69 Å². The number of piperazine rings is 1. The van der Waals surface area contributed by atoms with Crippen LogP contribution in [0.4, 0.5) is 5.69 Å². The summed E-state index contributed by atoms with van der Waals surface area (Å²) in [5, 5.41) is 17.4. The molecular formula is C27H26N4O4. The first kappa shape index (κ1) is 21.5. The van der Waals surface area contributed by atoms with E-state index in [2.05, 4.69) is 9.80 Å². The van der Waals surface area contributed by atoms with Crippen LogP contribution in [0, 0.1) is 0 Å². The van der Waals surface area contributed by atoms with Crippen LogP contribution < -0.4 is 4.90 Å². The van der Waals surface area contributed by atoms with E-state index in [0.717, 1.165) is 48.5 Å². The smallest absolute Gasteiger partial charge is 0.257 e. The van der Waals surface area contributed by atoms with Gasteiger partial charge in [0.2, 0.25) is 0 Å². The fraction of sp³-hybridized carbons (Fsp3) is 0.259. The van der Waals surface area contributed by atoms with Gasteiger partial charge in [-0.05, 0) is 36.4 Å². The van der Waals surface area contributed by atoms with Gasteiger partial charge in [-0.1, -0.05) is 30.3 Å². The van der Waals surface area contributed by atoms with Gasteiger partial charge in [0.15, 0.2) is 5.76 Å². The second-order valence-corrected chi connectivity index (χ2v) is 8.92. The molecule has 2 aromatic heterocycles. The molecule has 2 aromatic carbocycles. The van der Waals surface area contributed by atoms with Crippen molar-refractivity contribution in [2.45, 2.75) is 12.5 Å². The minimum Gasteiger partial charge on any atom is -0.506 e. The number of carbonyl (C=O) groups excluding carboxylic acids is 1. The van der Waals surface area contributed by atoms with E-state index in [-0.39, 0.29) is 24.2 Å². The Kier molecular flexibility index (Phi) is 5.50. The molecule has 4 heterocycles. The molecule has 8 nitrogen and oxygen atoms in total. The Morgan fingerprint density at radius 1 is 1.00 bits per heavy atom. The summed E-state index contributed by atoms with van der Waals surface area (Å²) in [5.41, 5.74) is 2.36. The van der Waals surface area contributed by atoms with Crippen molar-refractivity contribution in [2.75, 3.05) is 37.6 Å². The Bertz CT molecular complexity index is 1340. The molecule has 1 saturated heterocycles. The Hall–Kier alpha value is -4.04. The Morgan fingerprint density at radius 3 is 2.57 bits per heavy atom. The predicted molar refractivity (Wildman–Crippen MR) is 132 cm³/mol. The summed E-state index contributed by atoms with van der Waals surface area (Å²) in [6.07, 6.45) is 2.15. The fourth-order valence-electron chi connectivity index (χ4n) is 4.86. The summed E-state index contributed by atoms with van der Waals surface area (Å²) in [6.45, 7) is 3.18. The molecule has 1 atom stereocenters. The number of nitrogens with zero attached hydrogens (tertiary/aromatic N) is 4. The van der Waals surface area contributed by atoms with Crippen molar-refractivity contribution in [3.63, 3.8) is 0 Å². The number of hydrazone groups is 1. The van der Waals surface area contributed by atoms with Gasteiger partial charge in [0.1, 0.15) is 28.8 Å². The molecule has 1 amide bonds. The summed E-state index contributed by atoms with van der Waals surface area (Å²) in [7, 11) is 0. The number of furan rings is 2. The summed E-state index contributed by atoms with van der Waals surface area (Å²) in [6, 6.07) is 20.6. The summed E-state index contributed by atoms with van der Waals surface area (Å²) < 4.78 is 11.7. The predicted octanol–water partition coefficient (Wildman–Crippen LogP) is 4.23. The third-order valence-electron chi connectivity index (χ3n) is 6.70. The molecule has 35 heavy (non-hydrogen) atoms. The van der Waals surface area contributed by atoms with Gasteiger partial charge in [0.05, 0.1) is 18.5 Å². The van der Waals surface area contributed by atoms with Crippen molar-refractivity contribution < 1.29 is 18.7 Å². The molecule has 0 spiro atoms. The van der Waals surface area contributed by atoms with E-state index in [1.165, 1.54) is 0 Å². The van der Waals surface area contributed by atoms with Crippen LogP contribution in [-0.4, -0.2) is 59.4 Å². The van der Waals surface area contributed by atoms with Crippen molar-refractivity contribution in [3.05, 3.63) is 84.5 Å². The van der Waals surface area contributed by atoms with E-state index in [9.17, 15) is 9.90 Å². The van der Waals surface area contributed by atoms with Gasteiger partial charge in [0, 0.05) is 38.0 Å². The van der Waals surface area contributed by atoms with Gasteiger partial charge < -0.3 is 18.8 Å². The largest absolute Gasteiger partial charge is 0.506 e. The molecular weight excluding hydrogens is 444 g/mol. The van der Waals surface area contributed by atoms with Gasteiger partial charge in [0.25, 0.3) is 5.91 Å². The third-order valence-corrected chi connectivity index (χ3v) is 6.70. The van der Waals surface area contributed by atoms with Crippen molar-refractivity contribution >= 4 is 28.3 Å². The van der Waals surface area contributed by atoms with Crippen LogP contribution >= 0.6 is 0 Å². The first-order chi connectivity index (χ1) is 17.2. The average molecular weight is 471 g/mol. The quantitative estimate of drug-likeness (QED) is 0.470. The standard InChI is InChI=1S/C27H26N4O4/c32-23-8-3-2-7-21(23)30-13-11-29(12-14-30)18-27(33)31-22(25-10-5-15-34-25)17-20(28-31)26-16-19-6-1-4-9-24(19)35-26/h1-10,15-16,22,32H,11-14,17-18H2/t22-/m0/s1. The fourth-order valence-corrected chi connectivity index (χ4v) is 4.86. The molecule has 178 valence electrons. The molecule has 0 radical (unpaired) electrons. The number of fused-ring (bicyclic) bond motifs is 1. The lowest BCUT2D eigenvalue weighted by Crippen LogP contribution is -2.49. The van der Waals surface area contributed by atoms with E-state index in [0.29, 0.717) is 17.9 Å². The highest BCUT2D eigenvalue weighted by Crippen LogP contribution is 2.34. The number of carbonyl (C=O) groups is 1. The molecule has 0 unspecified atom stereocenters. The zero-order valence-electron chi connectivity index (χ0n) is 19.2. The highest BCUT2D eigenvalue weighted by molar-refractivity contribution is 6.03. The molecule has 0 bridgehead atoms. The maximum atomic E-state index is 13.4. The lowest BCUT2D eigenvalue weighted by atomic mass is 10.1. The number of phenols is 1. The Labute approximate surface area is 202 Å². The first-order valence-electron chi connectivity index (χ1n) is 11.8. The Morgan fingerprint density at radius 2 is 1.80 bits per heavy atom. The van der Waals surface area contributed by atoms with Crippen LogP contribution in [0.1, 0.15) is 24.0 Å². The molecule has 8 heteroatoms. The maximum Gasteiger partial charge on any atom is 0.257 e. The van der Waals surface area contributed by atoms with Crippen molar-refractivity contribution in [2.24, 2.45) is 5.10 Å². The number of phenolic OH excluding ortho intramolecular Hbond substituents is 1. The number of amides is 1. The molecule has 0 saturated carbocycles. The van der Waals surface area contributed by atoms with E-state index < -0.39 is 0 Å². The number of rotatable bonds is 5. The third kappa shape index (κ3) is 4.17. The van der Waals surface area contributed by atoms with Crippen LogP contribution in [0.2, 0.25) is 0 Å². The molecule has 2 aliphatic heterocycles. The molecule has 2 aliphatic rings. The Balaban J connectivity index is 1.18. The average Bonchev–Trinajstić information content (AvgIpc) is 3.64. The normalized spacial score (nSPS) is 18.9. The van der Waals surface area contributed by atoms with Gasteiger partial charge in [-0.2, -0.15) is 5.10 Å². The molecule has 6 rings (SSSR count). The molecule has 0 aliphatic carbocycles. The maximum absolute atomic E-state index is 13.4. The van der Waals surface area contributed by atoms with Crippen molar-refractivity contribution in [3.8, 4) is 5.75 Å². The van der Waals surface area contributed by atoms with E-state index >= 15 is 0 Å². The van der Waals surface area contributed by atoms with Gasteiger partial charge in [-0.25, -0.2) is 5.01 Å². The zero-order valence-corrected chi connectivity index (χ0v) is 19.2. The SMILES string of the molecule is O=C(CN1CCN(c2ccccc2O)CC1)N1N=C(c2cc3ccccc3o2)C[C@H]1c1ccco1. The minimum absolute atomic E-state index is 0.0754. The number of aromatic hydroxyl groups is 1. The number of anilines is 1. The first-order valence-corrected chi connectivity index (χ1v) is 11.8. The minimum atomic E-state index is -0.303. The van der Waals surface area contributed by atoms with Crippen LogP contribution in [-0.2, 0) is 4.79 Å². The highest BCUT2D eigenvalue weighted by atomic mass is 16.3. The molecule has 1 fully saturated rings. The lowest BCUT2D eigenvalue weighted by molar-refractivity contribution is -0.134. The van der Waals surface area contributed by atoms with Crippen LogP contribution in [0.25, 0.3) is 11.0 Å². The van der Waals surface area contributed by atoms with E-state index in [1.54, 1.807) is 17.3 Å². The second-order valence-electron chi connectivity index (χ2n) is 8.92.